The van der Waals surface area contributed by atoms with Crippen LogP contribution in [0, 0.1) is 5.41 Å². The molecule has 1 aromatic carbocycles. The van der Waals surface area contributed by atoms with Crippen LogP contribution in [0.3, 0.4) is 0 Å². The van der Waals surface area contributed by atoms with Crippen LogP contribution in [0.1, 0.15) is 0 Å². The quantitative estimate of drug-likeness (QED) is 0.429. The van der Waals surface area contributed by atoms with Crippen LogP contribution in [-0.2, 0) is 4.79 Å². The van der Waals surface area contributed by atoms with Gasteiger partial charge in [-0.2, -0.15) is 0 Å². The normalized spacial score (nSPS) is 7.46. The Labute approximate surface area is 79.6 Å². The van der Waals surface area contributed by atoms with E-state index in [0.717, 1.165) is 6.08 Å². The van der Waals surface area contributed by atoms with Crippen molar-refractivity contribution >= 4 is 23.1 Å². The average molecular weight is 200 g/mol. The molecular formula is C8H6ClNO3. The summed E-state index contributed by atoms with van der Waals surface area (Å²) < 4.78 is 4.54. The Hall–Kier alpha value is -1.64. The van der Waals surface area contributed by atoms with Gasteiger partial charge in [0, 0.05) is 11.6 Å². The standard InChI is InChI=1S/C7H5ClO2.CHNO/c8-7(9)10-6-4-2-1-3-5-6;2-1-3/h1-5H;2H. The number of ether oxygens (including phenoxy) is 1. The molecule has 1 aromatic rings. The van der Waals surface area contributed by atoms with E-state index in [1.807, 2.05) is 6.07 Å². The molecule has 0 fully saturated rings. The van der Waals surface area contributed by atoms with Gasteiger partial charge in [0.25, 0.3) is 0 Å². The Bertz CT molecular complexity index is 294. The summed E-state index contributed by atoms with van der Waals surface area (Å²) in [7, 11) is 0. The third-order valence-electron chi connectivity index (χ3n) is 0.941. The number of hydrogen-bond donors (Lipinski definition) is 1. The van der Waals surface area contributed by atoms with Crippen molar-refractivity contribution in [3.63, 3.8) is 0 Å². The molecule has 0 aliphatic carbocycles. The number of halogens is 1. The molecule has 0 aliphatic rings. The van der Waals surface area contributed by atoms with E-state index in [1.165, 1.54) is 0 Å². The Morgan fingerprint density at radius 2 is 1.85 bits per heavy atom. The lowest BCUT2D eigenvalue weighted by molar-refractivity contribution is 0.225. The topological polar surface area (TPSA) is 67.2 Å². The first-order chi connectivity index (χ1) is 6.20. The van der Waals surface area contributed by atoms with E-state index < -0.39 is 5.43 Å². The fourth-order valence-corrected chi connectivity index (χ4v) is 0.670. The van der Waals surface area contributed by atoms with Gasteiger partial charge >= 0.3 is 5.43 Å². The molecule has 0 bridgehead atoms. The summed E-state index contributed by atoms with van der Waals surface area (Å²) in [6.45, 7) is 0. The monoisotopic (exact) mass is 199 g/mol. The van der Waals surface area contributed by atoms with Gasteiger partial charge in [-0.25, -0.2) is 15.0 Å². The number of nitrogens with one attached hydrogen (secondary N) is 1. The summed E-state index contributed by atoms with van der Waals surface area (Å²) in [5, 5.41) is 5.40. The van der Waals surface area contributed by atoms with Gasteiger partial charge in [-0.05, 0) is 12.1 Å². The zero-order valence-corrected chi connectivity index (χ0v) is 7.25. The van der Waals surface area contributed by atoms with Crippen molar-refractivity contribution in [2.45, 2.75) is 0 Å². The second-order valence-corrected chi connectivity index (χ2v) is 2.06. The molecule has 4 nitrogen and oxygen atoms in total. The van der Waals surface area contributed by atoms with E-state index in [4.69, 9.17) is 21.8 Å². The molecule has 0 spiro atoms. The molecule has 0 aliphatic heterocycles. The van der Waals surface area contributed by atoms with E-state index in [9.17, 15) is 4.79 Å². The zero-order valence-electron chi connectivity index (χ0n) is 6.49. The minimum Gasteiger partial charge on any atom is -0.415 e. The third kappa shape index (κ3) is 6.75. The maximum atomic E-state index is 10.2. The first-order valence-corrected chi connectivity index (χ1v) is 3.54. The van der Waals surface area contributed by atoms with Crippen LogP contribution in [0.2, 0.25) is 0 Å². The fraction of sp³-hybridized carbons (Fsp3) is 0. The maximum absolute atomic E-state index is 10.2. The van der Waals surface area contributed by atoms with Gasteiger partial charge in [0.05, 0.1) is 0 Å². The van der Waals surface area contributed by atoms with Crippen molar-refractivity contribution in [1.29, 1.82) is 5.41 Å². The molecule has 0 amide bonds. The molecule has 0 saturated carbocycles. The minimum atomic E-state index is -0.814. The van der Waals surface area contributed by atoms with Gasteiger partial charge in [0.15, 0.2) is 0 Å². The molecule has 0 radical (unpaired) electrons. The molecule has 13 heavy (non-hydrogen) atoms. The average Bonchev–Trinajstić information content (AvgIpc) is 2.06. The number of rotatable bonds is 1. The zero-order chi connectivity index (χ0) is 10.1. The molecule has 0 heterocycles. The molecular weight excluding hydrogens is 194 g/mol. The van der Waals surface area contributed by atoms with Crippen LogP contribution in [-0.4, -0.2) is 11.5 Å². The maximum Gasteiger partial charge on any atom is 0.409 e. The van der Waals surface area contributed by atoms with Crippen LogP contribution in [0.4, 0.5) is 4.79 Å². The fourth-order valence-electron chi connectivity index (χ4n) is 0.581. The van der Waals surface area contributed by atoms with Crippen molar-refractivity contribution in [1.82, 2.24) is 0 Å². The van der Waals surface area contributed by atoms with E-state index in [1.54, 1.807) is 24.3 Å². The number of benzene rings is 1. The summed E-state index contributed by atoms with van der Waals surface area (Å²) in [6.07, 6.45) is 0.750. The van der Waals surface area contributed by atoms with Gasteiger partial charge in [-0.15, -0.1) is 0 Å². The Morgan fingerprint density at radius 1 is 1.38 bits per heavy atom. The van der Waals surface area contributed by atoms with Gasteiger partial charge in [-0.3, -0.25) is 0 Å². The predicted molar refractivity (Wildman–Crippen MR) is 46.7 cm³/mol. The summed E-state index contributed by atoms with van der Waals surface area (Å²) in [4.78, 5) is 18.5. The van der Waals surface area contributed by atoms with Crippen LogP contribution in [0.15, 0.2) is 30.3 Å². The largest absolute Gasteiger partial charge is 0.415 e. The summed E-state index contributed by atoms with van der Waals surface area (Å²) in [6, 6.07) is 8.65. The van der Waals surface area contributed by atoms with Crippen LogP contribution in [0.25, 0.3) is 0 Å². The van der Waals surface area contributed by atoms with Crippen LogP contribution >= 0.6 is 11.6 Å². The van der Waals surface area contributed by atoms with Crippen LogP contribution < -0.4 is 4.74 Å². The highest BCUT2D eigenvalue weighted by Gasteiger charge is 1.95. The minimum absolute atomic E-state index is 0.461. The number of para-hydroxylation sites is 1. The van der Waals surface area contributed by atoms with Gasteiger partial charge in [0.1, 0.15) is 5.75 Å². The molecule has 0 saturated heterocycles. The first kappa shape index (κ1) is 11.4. The highest BCUT2D eigenvalue weighted by Crippen LogP contribution is 2.09. The number of hydrogen-bond acceptors (Lipinski definition) is 4. The SMILES string of the molecule is N=C=O.O=C(Cl)Oc1ccccc1. The van der Waals surface area contributed by atoms with Gasteiger partial charge < -0.3 is 4.74 Å². The smallest absolute Gasteiger partial charge is 0.409 e. The first-order valence-electron chi connectivity index (χ1n) is 3.17. The van der Waals surface area contributed by atoms with Gasteiger partial charge in [-0.1, -0.05) is 18.2 Å². The van der Waals surface area contributed by atoms with E-state index in [-0.39, 0.29) is 0 Å². The lowest BCUT2D eigenvalue weighted by Crippen LogP contribution is -1.94. The summed E-state index contributed by atoms with van der Waals surface area (Å²) in [5.41, 5.74) is -0.814. The Morgan fingerprint density at radius 3 is 2.23 bits per heavy atom. The highest BCUT2D eigenvalue weighted by atomic mass is 35.5. The number of carbonyl (C=O) groups excluding carboxylic acids is 2. The van der Waals surface area contributed by atoms with Crippen molar-refractivity contribution < 1.29 is 14.3 Å². The Balaban J connectivity index is 0.000000424. The lowest BCUT2D eigenvalue weighted by Gasteiger charge is -1.95. The molecule has 0 aromatic heterocycles. The molecule has 0 atom stereocenters. The summed E-state index contributed by atoms with van der Waals surface area (Å²) in [5.74, 6) is 0.461. The highest BCUT2D eigenvalue weighted by molar-refractivity contribution is 6.61. The number of carbonyl (C=O) groups is 1. The second kappa shape index (κ2) is 7.03. The van der Waals surface area contributed by atoms with E-state index in [2.05, 4.69) is 4.74 Å². The van der Waals surface area contributed by atoms with E-state index in [0.29, 0.717) is 5.75 Å². The molecule has 5 heteroatoms. The molecule has 68 valence electrons. The van der Waals surface area contributed by atoms with Crippen molar-refractivity contribution in [2.75, 3.05) is 0 Å². The third-order valence-corrected chi connectivity index (χ3v) is 1.02. The molecule has 0 unspecified atom stereocenters. The van der Waals surface area contributed by atoms with Crippen molar-refractivity contribution in [2.24, 2.45) is 0 Å². The van der Waals surface area contributed by atoms with Crippen molar-refractivity contribution in [3.05, 3.63) is 30.3 Å². The summed E-state index contributed by atoms with van der Waals surface area (Å²) >= 11 is 4.95. The lowest BCUT2D eigenvalue weighted by atomic mass is 10.3. The predicted octanol–water partition coefficient (Wildman–Crippen LogP) is 2.33. The molecule has 1 N–H and O–H groups in total. The van der Waals surface area contributed by atoms with Crippen LogP contribution in [0.5, 0.6) is 5.75 Å². The van der Waals surface area contributed by atoms with Crippen molar-refractivity contribution in [3.8, 4) is 5.75 Å². The second-order valence-electron chi connectivity index (χ2n) is 1.75. The van der Waals surface area contributed by atoms with Gasteiger partial charge in [0.2, 0.25) is 6.08 Å². The van der Waals surface area contributed by atoms with E-state index >= 15 is 0 Å². The Kier molecular flexibility index (Phi) is 6.15. The number of isocyanates is 1. The molecule has 1 rings (SSSR count).